The molecule has 2 N–H and O–H groups in total. The number of hydrogen-bond donors (Lipinski definition) is 2. The van der Waals surface area contributed by atoms with Gasteiger partial charge in [0.05, 0.1) is 80.3 Å². The molecule has 11 rings (SSSR count). The van der Waals surface area contributed by atoms with Crippen LogP contribution >= 0.6 is 31.9 Å². The van der Waals surface area contributed by atoms with Gasteiger partial charge in [-0.2, -0.15) is 0 Å². The molecule has 0 aliphatic carbocycles. The van der Waals surface area contributed by atoms with Crippen molar-refractivity contribution in [3.8, 4) is 11.5 Å². The van der Waals surface area contributed by atoms with Crippen LogP contribution in [0.3, 0.4) is 0 Å². The summed E-state index contributed by atoms with van der Waals surface area (Å²) in [6.45, 7) is 10.7. The van der Waals surface area contributed by atoms with E-state index in [9.17, 15) is 10.2 Å². The second-order valence-electron chi connectivity index (χ2n) is 23.1. The van der Waals surface area contributed by atoms with Gasteiger partial charge in [-0.1, -0.05) is 250 Å². The van der Waals surface area contributed by atoms with E-state index < -0.39 is 48.8 Å². The maximum Gasteiger partial charge on any atom is 0.118 e. The molecule has 0 bridgehead atoms. The lowest BCUT2D eigenvalue weighted by Gasteiger charge is -2.37. The molecule has 0 saturated carbocycles. The lowest BCUT2D eigenvalue weighted by atomic mass is 9.99. The minimum atomic E-state index is -1.12. The van der Waals surface area contributed by atoms with Crippen molar-refractivity contribution in [1.29, 1.82) is 0 Å². The summed E-state index contributed by atoms with van der Waals surface area (Å²) in [5.41, 5.74) is 10.8. The van der Waals surface area contributed by atoms with Crippen LogP contribution in [0.2, 0.25) is 0 Å². The predicted molar refractivity (Wildman–Crippen MR) is 388 cm³/mol. The van der Waals surface area contributed by atoms with Crippen molar-refractivity contribution in [3.63, 3.8) is 0 Å². The number of halogens is 2. The van der Waals surface area contributed by atoms with Crippen molar-refractivity contribution < 1.29 is 57.6 Å². The number of aliphatic hydroxyl groups excluding tert-OH is 2. The van der Waals surface area contributed by atoms with Gasteiger partial charge < -0.3 is 57.6 Å². The zero-order chi connectivity index (χ0) is 67.1. The Morgan fingerprint density at radius 2 is 0.875 bits per heavy atom. The highest BCUT2D eigenvalue weighted by Crippen LogP contribution is 2.30. The molecule has 10 aromatic rings. The van der Waals surface area contributed by atoms with Crippen LogP contribution in [0.15, 0.2) is 268 Å². The molecule has 10 aromatic carbocycles. The smallest absolute Gasteiger partial charge is 0.118 e. The van der Waals surface area contributed by atoms with E-state index in [4.69, 9.17) is 47.4 Å². The summed E-state index contributed by atoms with van der Waals surface area (Å²) in [4.78, 5) is 0. The van der Waals surface area contributed by atoms with Crippen LogP contribution in [-0.4, -0.2) is 86.5 Å². The number of fused-ring (bicyclic) bond motifs is 3. The van der Waals surface area contributed by atoms with Gasteiger partial charge in [-0.3, -0.25) is 0 Å². The number of alkyl halides is 2. The molecular formula is C82H86Br2O12. The van der Waals surface area contributed by atoms with Gasteiger partial charge in [-0.25, -0.2) is 0 Å². The molecule has 0 amide bonds. The first-order valence-electron chi connectivity index (χ1n) is 32.2. The minimum Gasteiger partial charge on any atom is -0.497 e. The molecule has 0 saturated heterocycles. The minimum absolute atomic E-state index is 0.233. The number of benzene rings is 10. The highest BCUT2D eigenvalue weighted by molar-refractivity contribution is 9.09. The number of aliphatic hydroxyl groups is 2. The average molecular weight is 1420 g/mol. The van der Waals surface area contributed by atoms with E-state index in [-0.39, 0.29) is 19.8 Å². The molecule has 8 atom stereocenters. The van der Waals surface area contributed by atoms with Crippen LogP contribution in [0.1, 0.15) is 55.6 Å². The van der Waals surface area contributed by atoms with Gasteiger partial charge >= 0.3 is 0 Å². The van der Waals surface area contributed by atoms with Crippen LogP contribution in [0.25, 0.3) is 21.5 Å². The summed E-state index contributed by atoms with van der Waals surface area (Å²) in [5, 5.41) is 28.2. The fourth-order valence-corrected chi connectivity index (χ4v) is 12.1. The van der Waals surface area contributed by atoms with Crippen molar-refractivity contribution >= 4 is 53.4 Å². The van der Waals surface area contributed by atoms with Crippen LogP contribution in [-0.2, 0) is 101 Å². The zero-order valence-electron chi connectivity index (χ0n) is 54.5. The molecular weight excluding hydrogens is 1340 g/mol. The van der Waals surface area contributed by atoms with Crippen LogP contribution in [0, 0.1) is 0 Å². The van der Waals surface area contributed by atoms with Gasteiger partial charge in [0.2, 0.25) is 0 Å². The Morgan fingerprint density at radius 1 is 0.469 bits per heavy atom. The lowest BCUT2D eigenvalue weighted by Crippen LogP contribution is -2.50. The van der Waals surface area contributed by atoms with E-state index in [2.05, 4.69) is 130 Å². The van der Waals surface area contributed by atoms with E-state index in [0.717, 1.165) is 77.4 Å². The Balaban J connectivity index is 0.000000192. The van der Waals surface area contributed by atoms with Gasteiger partial charge in [-0.15, -0.1) is 13.2 Å². The Labute approximate surface area is 582 Å². The highest BCUT2D eigenvalue weighted by atomic mass is 79.9. The molecule has 1 aliphatic heterocycles. The van der Waals surface area contributed by atoms with Crippen molar-refractivity contribution in [2.45, 2.75) is 112 Å². The topological polar surface area (TPSA) is 133 Å². The Morgan fingerprint density at radius 3 is 1.33 bits per heavy atom. The van der Waals surface area contributed by atoms with Crippen LogP contribution in [0.4, 0.5) is 0 Å². The third-order valence-corrected chi connectivity index (χ3v) is 17.7. The first kappa shape index (κ1) is 72.6. The average Bonchev–Trinajstić information content (AvgIpc) is 0.890. The molecule has 14 heteroatoms. The van der Waals surface area contributed by atoms with Crippen molar-refractivity contribution in [2.75, 3.05) is 27.4 Å². The molecule has 12 nitrogen and oxygen atoms in total. The van der Waals surface area contributed by atoms with Gasteiger partial charge in [0.1, 0.15) is 60.3 Å². The quantitative estimate of drug-likeness (QED) is 0.0342. The number of rotatable bonds is 29. The highest BCUT2D eigenvalue weighted by Gasteiger charge is 2.39. The number of methoxy groups -OCH3 is 2. The molecule has 4 unspecified atom stereocenters. The van der Waals surface area contributed by atoms with Crippen molar-refractivity contribution in [3.05, 3.63) is 324 Å². The van der Waals surface area contributed by atoms with E-state index >= 15 is 0 Å². The Bertz CT molecular complexity index is 3820. The first-order valence-corrected chi connectivity index (χ1v) is 34.4. The van der Waals surface area contributed by atoms with E-state index in [1.54, 1.807) is 26.4 Å². The molecule has 96 heavy (non-hydrogen) atoms. The second-order valence-corrected chi connectivity index (χ2v) is 24.2. The molecule has 0 spiro atoms. The Kier molecular flexibility index (Phi) is 29.9. The molecule has 0 aromatic heterocycles. The molecule has 0 radical (unpaired) electrons. The summed E-state index contributed by atoms with van der Waals surface area (Å²) in [7, 11) is 3.27. The maximum absolute atomic E-state index is 11.3. The van der Waals surface area contributed by atoms with Gasteiger partial charge in [-0.05, 0) is 114 Å². The third kappa shape index (κ3) is 21.9. The van der Waals surface area contributed by atoms with E-state index in [0.29, 0.717) is 46.2 Å². The van der Waals surface area contributed by atoms with Crippen molar-refractivity contribution in [2.24, 2.45) is 0 Å². The molecule has 500 valence electrons. The SMILES string of the molecule is BrCc1cc2ccccc2cc1CBr.C=CC(OCc1ccccc1)[C@@H](O)[C@H](OCc1ccccc1)C(CO)OCc1ccc(OC)cc1.C=C[C@@H](OCc1ccccc1)C1OCc2cc3ccccc3cc2COCC(OCc2ccc(OC)cc2)[C@@H]1OCc1ccccc1. The molecule has 1 aliphatic rings. The van der Waals surface area contributed by atoms with Gasteiger partial charge in [0, 0.05) is 10.7 Å². The fraction of sp³-hybridized carbons (Fsp3) is 0.268. The lowest BCUT2D eigenvalue weighted by molar-refractivity contribution is -0.194. The largest absolute Gasteiger partial charge is 0.497 e. The standard InChI is InChI=1S/C41H42O6.C29H34O6.C12H10Br2/c1-3-38(44-24-30-12-6-4-7-13-30)40-41(46-26-31-14-8-5-9-15-31)39(45-25-32-18-20-37(42-2)21-19-32)29-43-27-35-22-33-16-10-11-17-34(33)23-36(35)28-47-40;1-3-26(33-19-22-10-6-4-7-11-22)28(31)29(35-21-23-12-8-5-9-13-23)27(18-30)34-20-24-14-16-25(32-2)17-15-24;13-7-11-5-9-3-1-2-4-10(9)6-12(11)8-14/h3-23,38-41H,1,24-29H2,2H3;3-17,26-31H,1,18-21H2,2H3;1-6H,7-8H2/t38-,39?,40?,41+;26?,27?,28-,29-;/m11./s1. The summed E-state index contributed by atoms with van der Waals surface area (Å²) in [6, 6.07) is 80.6. The summed E-state index contributed by atoms with van der Waals surface area (Å²) >= 11 is 7.03. The van der Waals surface area contributed by atoms with Gasteiger partial charge in [0.15, 0.2) is 0 Å². The van der Waals surface area contributed by atoms with Crippen LogP contribution in [0.5, 0.6) is 11.5 Å². The third-order valence-electron chi connectivity index (χ3n) is 16.5. The summed E-state index contributed by atoms with van der Waals surface area (Å²) in [5.74, 6) is 1.54. The summed E-state index contributed by atoms with van der Waals surface area (Å²) in [6.07, 6.45) is -2.22. The molecule has 1 heterocycles. The van der Waals surface area contributed by atoms with Crippen molar-refractivity contribution in [1.82, 2.24) is 0 Å². The first-order chi connectivity index (χ1) is 47.2. The monoisotopic (exact) mass is 1420 g/mol. The number of hydrogen-bond acceptors (Lipinski definition) is 12. The van der Waals surface area contributed by atoms with E-state index in [1.807, 2.05) is 158 Å². The van der Waals surface area contributed by atoms with Crippen LogP contribution < -0.4 is 9.47 Å². The zero-order valence-corrected chi connectivity index (χ0v) is 57.7. The predicted octanol–water partition coefficient (Wildman–Crippen LogP) is 17.1. The number of ether oxygens (including phenoxy) is 10. The molecule has 0 fully saturated rings. The normalized spacial score (nSPS) is 16.2. The van der Waals surface area contributed by atoms with Gasteiger partial charge in [0.25, 0.3) is 0 Å². The summed E-state index contributed by atoms with van der Waals surface area (Å²) < 4.78 is 61.9. The Hall–Kier alpha value is -7.64. The second kappa shape index (κ2) is 39.5. The maximum atomic E-state index is 11.3. The fourth-order valence-electron chi connectivity index (χ4n) is 11.1. The van der Waals surface area contributed by atoms with E-state index in [1.165, 1.54) is 21.9 Å².